The number of anilines is 1. The van der Waals surface area contributed by atoms with E-state index >= 15 is 0 Å². The summed E-state index contributed by atoms with van der Waals surface area (Å²) < 4.78 is 31.4. The van der Waals surface area contributed by atoms with Crippen molar-refractivity contribution >= 4 is 21.6 Å². The second-order valence-corrected chi connectivity index (χ2v) is 5.92. The van der Waals surface area contributed by atoms with Crippen molar-refractivity contribution in [2.75, 3.05) is 4.72 Å². The fourth-order valence-corrected chi connectivity index (χ4v) is 2.68. The van der Waals surface area contributed by atoms with E-state index in [0.29, 0.717) is 17.7 Å². The van der Waals surface area contributed by atoms with Crippen LogP contribution in [0.15, 0.2) is 39.8 Å². The fraction of sp³-hybridized carbons (Fsp3) is 0.231. The maximum absolute atomic E-state index is 12.2. The van der Waals surface area contributed by atoms with Gasteiger partial charge in [-0.05, 0) is 19.1 Å². The number of nitrogens with zero attached hydrogens (tertiary/aromatic N) is 1. The molecule has 20 heavy (non-hydrogen) atoms. The number of hydrogen-bond donors (Lipinski definition) is 1. The van der Waals surface area contributed by atoms with Crippen LogP contribution in [0.1, 0.15) is 29.5 Å². The van der Waals surface area contributed by atoms with Gasteiger partial charge in [0.1, 0.15) is 5.76 Å². The largest absolute Gasteiger partial charge is 0.360 e. The van der Waals surface area contributed by atoms with E-state index in [2.05, 4.69) is 9.88 Å². The van der Waals surface area contributed by atoms with E-state index in [1.54, 1.807) is 19.9 Å². The number of carbonyl (C=O) groups excluding carboxylic acids is 1. The summed E-state index contributed by atoms with van der Waals surface area (Å²) in [6.07, 6.45) is 0.319. The molecule has 7 heteroatoms. The Morgan fingerprint density at radius 2 is 2.10 bits per heavy atom. The molecule has 1 aromatic carbocycles. The van der Waals surface area contributed by atoms with Crippen LogP contribution in [-0.2, 0) is 10.0 Å². The highest BCUT2D eigenvalue weighted by atomic mass is 32.2. The first kappa shape index (κ1) is 14.3. The standard InChI is InChI=1S/C13H14N2O4S/c1-3-12(16)10-5-4-6-11(8-10)20(17,18)15-13-7-9(2)19-14-13/h4-8H,3H2,1-2H3,(H,14,15). The number of sulfonamides is 1. The molecule has 106 valence electrons. The first-order chi connectivity index (χ1) is 9.42. The minimum absolute atomic E-state index is 0.0115. The first-order valence-electron chi connectivity index (χ1n) is 6.02. The molecule has 1 heterocycles. The summed E-state index contributed by atoms with van der Waals surface area (Å²) in [6, 6.07) is 7.36. The average Bonchev–Trinajstić information content (AvgIpc) is 2.82. The average molecular weight is 294 g/mol. The molecule has 0 bridgehead atoms. The Kier molecular flexibility index (Phi) is 3.89. The van der Waals surface area contributed by atoms with Gasteiger partial charge < -0.3 is 4.52 Å². The Bertz CT molecular complexity index is 734. The number of Topliss-reactive ketones (excluding diaryl/α,β-unsaturated/α-hetero) is 1. The summed E-state index contributed by atoms with van der Waals surface area (Å²) >= 11 is 0. The van der Waals surface area contributed by atoms with E-state index in [1.165, 1.54) is 24.3 Å². The van der Waals surface area contributed by atoms with Gasteiger partial charge in [-0.1, -0.05) is 24.2 Å². The van der Waals surface area contributed by atoms with Gasteiger partial charge in [-0.15, -0.1) is 0 Å². The van der Waals surface area contributed by atoms with Gasteiger partial charge in [0.05, 0.1) is 4.90 Å². The molecule has 1 aromatic heterocycles. The number of rotatable bonds is 5. The van der Waals surface area contributed by atoms with Gasteiger partial charge in [-0.25, -0.2) is 8.42 Å². The third-order valence-corrected chi connectivity index (χ3v) is 4.01. The second kappa shape index (κ2) is 5.46. The van der Waals surface area contributed by atoms with Crippen LogP contribution in [0.4, 0.5) is 5.82 Å². The molecule has 2 aromatic rings. The molecule has 0 radical (unpaired) electrons. The number of benzene rings is 1. The van der Waals surface area contributed by atoms with Crippen molar-refractivity contribution in [3.8, 4) is 0 Å². The molecule has 0 saturated carbocycles. The van der Waals surface area contributed by atoms with Crippen LogP contribution in [0, 0.1) is 6.92 Å². The molecule has 0 aliphatic carbocycles. The molecule has 0 saturated heterocycles. The molecule has 2 rings (SSSR count). The third-order valence-electron chi connectivity index (χ3n) is 2.65. The molecule has 0 unspecified atom stereocenters. The highest BCUT2D eigenvalue weighted by Crippen LogP contribution is 2.17. The fourth-order valence-electron chi connectivity index (χ4n) is 1.65. The van der Waals surface area contributed by atoms with Crippen LogP contribution in [-0.4, -0.2) is 19.4 Å². The molecule has 0 aliphatic heterocycles. The van der Waals surface area contributed by atoms with E-state index in [1.807, 2.05) is 0 Å². The number of aryl methyl sites for hydroxylation is 1. The van der Waals surface area contributed by atoms with Gasteiger partial charge in [0.15, 0.2) is 11.6 Å². The summed E-state index contributed by atoms with van der Waals surface area (Å²) in [4.78, 5) is 11.6. The minimum Gasteiger partial charge on any atom is -0.360 e. The van der Waals surface area contributed by atoms with Crippen molar-refractivity contribution in [1.82, 2.24) is 5.16 Å². The summed E-state index contributed by atoms with van der Waals surface area (Å²) in [7, 11) is -3.79. The topological polar surface area (TPSA) is 89.3 Å². The van der Waals surface area contributed by atoms with Gasteiger partial charge in [0, 0.05) is 18.1 Å². The minimum atomic E-state index is -3.79. The highest BCUT2D eigenvalue weighted by Gasteiger charge is 2.17. The van der Waals surface area contributed by atoms with Gasteiger partial charge >= 0.3 is 0 Å². The zero-order chi connectivity index (χ0) is 14.8. The molecule has 0 fully saturated rings. The first-order valence-corrected chi connectivity index (χ1v) is 7.50. The SMILES string of the molecule is CCC(=O)c1cccc(S(=O)(=O)Nc2cc(C)on2)c1. The number of ketones is 1. The molecule has 6 nitrogen and oxygen atoms in total. The Morgan fingerprint density at radius 1 is 1.35 bits per heavy atom. The number of aromatic nitrogens is 1. The van der Waals surface area contributed by atoms with Crippen LogP contribution in [0.25, 0.3) is 0 Å². The summed E-state index contributed by atoms with van der Waals surface area (Å²) in [5.74, 6) is 0.492. The van der Waals surface area contributed by atoms with Crippen LogP contribution in [0.3, 0.4) is 0 Å². The lowest BCUT2D eigenvalue weighted by Gasteiger charge is -2.06. The van der Waals surface area contributed by atoms with Crippen molar-refractivity contribution in [3.05, 3.63) is 41.7 Å². The normalized spacial score (nSPS) is 11.3. The predicted octanol–water partition coefficient (Wildman–Crippen LogP) is 2.38. The van der Waals surface area contributed by atoms with E-state index in [-0.39, 0.29) is 16.5 Å². The van der Waals surface area contributed by atoms with Gasteiger partial charge in [0.25, 0.3) is 10.0 Å². The van der Waals surface area contributed by atoms with Crippen molar-refractivity contribution in [3.63, 3.8) is 0 Å². The zero-order valence-corrected chi connectivity index (χ0v) is 11.9. The highest BCUT2D eigenvalue weighted by molar-refractivity contribution is 7.92. The third kappa shape index (κ3) is 3.05. The lowest BCUT2D eigenvalue weighted by molar-refractivity contribution is 0.0988. The van der Waals surface area contributed by atoms with Crippen molar-refractivity contribution in [2.45, 2.75) is 25.2 Å². The maximum Gasteiger partial charge on any atom is 0.263 e. The molecular weight excluding hydrogens is 280 g/mol. The van der Waals surface area contributed by atoms with Crippen molar-refractivity contribution in [1.29, 1.82) is 0 Å². The lowest BCUT2D eigenvalue weighted by atomic mass is 10.1. The van der Waals surface area contributed by atoms with E-state index in [0.717, 1.165) is 0 Å². The maximum atomic E-state index is 12.2. The van der Waals surface area contributed by atoms with Crippen LogP contribution in [0.2, 0.25) is 0 Å². The number of nitrogens with one attached hydrogen (secondary N) is 1. The van der Waals surface area contributed by atoms with E-state index in [4.69, 9.17) is 4.52 Å². The summed E-state index contributed by atoms with van der Waals surface area (Å²) in [6.45, 7) is 3.38. The molecular formula is C13H14N2O4S. The van der Waals surface area contributed by atoms with Crippen LogP contribution >= 0.6 is 0 Å². The van der Waals surface area contributed by atoms with Crippen LogP contribution in [0.5, 0.6) is 0 Å². The van der Waals surface area contributed by atoms with Crippen LogP contribution < -0.4 is 4.72 Å². The lowest BCUT2D eigenvalue weighted by Crippen LogP contribution is -2.13. The summed E-state index contributed by atoms with van der Waals surface area (Å²) in [5, 5.41) is 3.57. The molecule has 0 aliphatic rings. The monoisotopic (exact) mass is 294 g/mol. The Morgan fingerprint density at radius 3 is 2.70 bits per heavy atom. The smallest absolute Gasteiger partial charge is 0.263 e. The van der Waals surface area contributed by atoms with Gasteiger partial charge in [0.2, 0.25) is 0 Å². The summed E-state index contributed by atoms with van der Waals surface area (Å²) in [5.41, 5.74) is 0.367. The Hall–Kier alpha value is -2.15. The quantitative estimate of drug-likeness (QED) is 0.855. The van der Waals surface area contributed by atoms with Gasteiger partial charge in [-0.3, -0.25) is 9.52 Å². The number of carbonyl (C=O) groups is 1. The van der Waals surface area contributed by atoms with Gasteiger partial charge in [-0.2, -0.15) is 0 Å². The van der Waals surface area contributed by atoms with E-state index in [9.17, 15) is 13.2 Å². The molecule has 0 spiro atoms. The predicted molar refractivity (Wildman–Crippen MR) is 73.1 cm³/mol. The second-order valence-electron chi connectivity index (χ2n) is 4.23. The molecule has 0 atom stereocenters. The molecule has 0 amide bonds. The Labute approximate surface area is 116 Å². The molecule has 1 N–H and O–H groups in total. The van der Waals surface area contributed by atoms with Crippen molar-refractivity contribution < 1.29 is 17.7 Å². The van der Waals surface area contributed by atoms with E-state index < -0.39 is 10.0 Å². The zero-order valence-electron chi connectivity index (χ0n) is 11.1. The number of hydrogen-bond acceptors (Lipinski definition) is 5. The Balaban J connectivity index is 2.32. The van der Waals surface area contributed by atoms with Crippen molar-refractivity contribution in [2.24, 2.45) is 0 Å².